The van der Waals surface area contributed by atoms with E-state index in [0.717, 1.165) is 25.3 Å². The van der Waals surface area contributed by atoms with Crippen molar-refractivity contribution in [1.29, 1.82) is 0 Å². The zero-order valence-electron chi connectivity index (χ0n) is 13.4. The van der Waals surface area contributed by atoms with Crippen molar-refractivity contribution in [3.05, 3.63) is 29.8 Å². The molecule has 0 aromatic heterocycles. The van der Waals surface area contributed by atoms with Gasteiger partial charge >= 0.3 is 0 Å². The molecule has 0 N–H and O–H groups in total. The Balaban J connectivity index is 1.84. The summed E-state index contributed by atoms with van der Waals surface area (Å²) in [7, 11) is -3.22. The maximum absolute atomic E-state index is 12.8. The first-order chi connectivity index (χ1) is 10.2. The third kappa shape index (κ3) is 2.45. The van der Waals surface area contributed by atoms with Crippen molar-refractivity contribution in [2.45, 2.75) is 44.0 Å². The molecule has 2 unspecified atom stereocenters. The number of carbonyl (C=O) groups is 1. The van der Waals surface area contributed by atoms with Gasteiger partial charge in [-0.3, -0.25) is 4.79 Å². The molecule has 4 rings (SSSR count). The molecule has 2 aliphatic heterocycles. The number of rotatable bonds is 2. The number of hydrogen-bond donors (Lipinski definition) is 0. The van der Waals surface area contributed by atoms with Gasteiger partial charge in [-0.25, -0.2) is 8.42 Å². The maximum Gasteiger partial charge on any atom is 0.254 e. The van der Waals surface area contributed by atoms with E-state index in [1.54, 1.807) is 12.1 Å². The summed E-state index contributed by atoms with van der Waals surface area (Å²) < 4.78 is 23.0. The summed E-state index contributed by atoms with van der Waals surface area (Å²) in [5.41, 5.74) is 0.771. The summed E-state index contributed by atoms with van der Waals surface area (Å²) in [6.07, 6.45) is 4.52. The number of amides is 1. The fourth-order valence-electron chi connectivity index (χ4n) is 3.92. The molecule has 120 valence electrons. The minimum Gasteiger partial charge on any atom is -0.335 e. The molecule has 0 spiro atoms. The molecular formula is C17H23NO3S. The average Bonchev–Trinajstić information content (AvgIpc) is 2.76. The van der Waals surface area contributed by atoms with E-state index in [2.05, 4.69) is 13.8 Å². The Kier molecular flexibility index (Phi) is 3.59. The number of carbonyl (C=O) groups excluding carboxylic acids is 1. The van der Waals surface area contributed by atoms with Crippen LogP contribution in [0.15, 0.2) is 29.2 Å². The normalized spacial score (nSPS) is 27.0. The second-order valence-electron chi connectivity index (χ2n) is 7.21. The monoisotopic (exact) mass is 321 g/mol. The van der Waals surface area contributed by atoms with Crippen LogP contribution in [-0.2, 0) is 9.84 Å². The second kappa shape index (κ2) is 5.08. The summed E-state index contributed by atoms with van der Waals surface area (Å²) in [6.45, 7) is 5.31. The fraction of sp³-hybridized carbons (Fsp3) is 0.588. The van der Waals surface area contributed by atoms with Gasteiger partial charge in [-0.2, -0.15) is 0 Å². The molecule has 2 heterocycles. The van der Waals surface area contributed by atoms with Crippen molar-refractivity contribution >= 4 is 15.7 Å². The minimum absolute atomic E-state index is 0.0264. The lowest BCUT2D eigenvalue weighted by Crippen LogP contribution is -2.57. The van der Waals surface area contributed by atoms with E-state index in [0.29, 0.717) is 11.6 Å². The van der Waals surface area contributed by atoms with E-state index in [1.807, 2.05) is 4.90 Å². The summed E-state index contributed by atoms with van der Waals surface area (Å²) in [6, 6.07) is 6.62. The Morgan fingerprint density at radius 3 is 2.41 bits per heavy atom. The topological polar surface area (TPSA) is 54.5 Å². The number of hydrogen-bond acceptors (Lipinski definition) is 3. The summed E-state index contributed by atoms with van der Waals surface area (Å²) >= 11 is 0. The van der Waals surface area contributed by atoms with Crippen molar-refractivity contribution in [2.75, 3.05) is 12.8 Å². The van der Waals surface area contributed by atoms with Crippen LogP contribution in [-0.4, -0.2) is 38.1 Å². The van der Waals surface area contributed by atoms with E-state index in [4.69, 9.17) is 0 Å². The zero-order valence-corrected chi connectivity index (χ0v) is 14.2. The van der Waals surface area contributed by atoms with Gasteiger partial charge in [0.15, 0.2) is 9.84 Å². The number of benzene rings is 1. The van der Waals surface area contributed by atoms with E-state index >= 15 is 0 Å². The van der Waals surface area contributed by atoms with Gasteiger partial charge in [0.25, 0.3) is 5.91 Å². The highest BCUT2D eigenvalue weighted by Crippen LogP contribution is 2.53. The fourth-order valence-corrected chi connectivity index (χ4v) is 4.56. The molecule has 1 aromatic rings. The average molecular weight is 321 g/mol. The summed E-state index contributed by atoms with van der Waals surface area (Å²) in [4.78, 5) is 15.1. The van der Waals surface area contributed by atoms with Gasteiger partial charge in [-0.1, -0.05) is 13.8 Å². The van der Waals surface area contributed by atoms with E-state index in [1.165, 1.54) is 24.8 Å². The Labute approximate surface area is 132 Å². The second-order valence-corrected chi connectivity index (χ2v) is 9.22. The molecule has 1 aromatic carbocycles. The molecule has 3 fully saturated rings. The Morgan fingerprint density at radius 1 is 1.23 bits per heavy atom. The van der Waals surface area contributed by atoms with Crippen LogP contribution in [0.2, 0.25) is 0 Å². The van der Waals surface area contributed by atoms with E-state index < -0.39 is 9.84 Å². The lowest BCUT2D eigenvalue weighted by atomic mass is 9.57. The summed E-state index contributed by atoms with van der Waals surface area (Å²) in [5.74, 6) is 0.751. The summed E-state index contributed by atoms with van der Waals surface area (Å²) in [5, 5.41) is 0. The van der Waals surface area contributed by atoms with Crippen LogP contribution < -0.4 is 0 Å². The minimum atomic E-state index is -3.22. The lowest BCUT2D eigenvalue weighted by molar-refractivity contribution is -0.0325. The first-order valence-electron chi connectivity index (χ1n) is 7.82. The maximum atomic E-state index is 12.8. The molecule has 22 heavy (non-hydrogen) atoms. The molecule has 1 amide bonds. The predicted molar refractivity (Wildman–Crippen MR) is 85.5 cm³/mol. The van der Waals surface area contributed by atoms with Crippen LogP contribution in [0.5, 0.6) is 0 Å². The third-order valence-electron chi connectivity index (χ3n) is 5.54. The highest BCUT2D eigenvalue weighted by Gasteiger charge is 2.52. The third-order valence-corrected chi connectivity index (χ3v) is 6.67. The number of nitrogens with zero attached hydrogens (tertiary/aromatic N) is 1. The number of fused-ring (bicyclic) bond motifs is 3. The molecule has 2 bridgehead atoms. The van der Waals surface area contributed by atoms with Crippen molar-refractivity contribution in [3.63, 3.8) is 0 Å². The van der Waals surface area contributed by atoms with Crippen molar-refractivity contribution in [2.24, 2.45) is 11.3 Å². The van der Waals surface area contributed by atoms with Crippen LogP contribution in [0.25, 0.3) is 0 Å². The standard InChI is InChI=1S/C17H23NO3S/c1-17(2)13-5-4-10-18(15(17)11-13)16(19)12-6-8-14(9-7-12)22(3,20)21/h6-9,13,15H,4-5,10-11H2,1-3H3. The Bertz CT molecular complexity index is 691. The van der Waals surface area contributed by atoms with Crippen LogP contribution >= 0.6 is 0 Å². The van der Waals surface area contributed by atoms with Gasteiger partial charge in [0.2, 0.25) is 0 Å². The van der Waals surface area contributed by atoms with Crippen LogP contribution in [0.3, 0.4) is 0 Å². The predicted octanol–water partition coefficient (Wildman–Crippen LogP) is 2.74. The number of sulfone groups is 1. The molecular weight excluding hydrogens is 298 g/mol. The zero-order chi connectivity index (χ0) is 16.1. The highest BCUT2D eigenvalue weighted by molar-refractivity contribution is 7.90. The molecule has 4 nitrogen and oxygen atoms in total. The highest BCUT2D eigenvalue weighted by atomic mass is 32.2. The first-order valence-corrected chi connectivity index (χ1v) is 9.71. The van der Waals surface area contributed by atoms with Crippen molar-refractivity contribution in [3.8, 4) is 0 Å². The van der Waals surface area contributed by atoms with Crippen LogP contribution in [0, 0.1) is 11.3 Å². The molecule has 1 aliphatic carbocycles. The van der Waals surface area contributed by atoms with E-state index in [-0.39, 0.29) is 16.2 Å². The van der Waals surface area contributed by atoms with Gasteiger partial charge in [-0.15, -0.1) is 0 Å². The molecule has 5 heteroatoms. The van der Waals surface area contributed by atoms with Crippen molar-refractivity contribution in [1.82, 2.24) is 4.90 Å². The lowest BCUT2D eigenvalue weighted by Gasteiger charge is -2.54. The van der Waals surface area contributed by atoms with Gasteiger partial charge in [-0.05, 0) is 54.9 Å². The molecule has 2 saturated heterocycles. The van der Waals surface area contributed by atoms with Gasteiger partial charge in [0.05, 0.1) is 4.90 Å². The molecule has 3 aliphatic rings. The largest absolute Gasteiger partial charge is 0.335 e. The van der Waals surface area contributed by atoms with Gasteiger partial charge in [0, 0.05) is 24.4 Å². The Hall–Kier alpha value is -1.36. The molecule has 1 saturated carbocycles. The van der Waals surface area contributed by atoms with Gasteiger partial charge in [0.1, 0.15) is 0 Å². The molecule has 2 atom stereocenters. The Morgan fingerprint density at radius 2 is 1.86 bits per heavy atom. The quantitative estimate of drug-likeness (QED) is 0.841. The van der Waals surface area contributed by atoms with Crippen molar-refractivity contribution < 1.29 is 13.2 Å². The molecule has 0 radical (unpaired) electrons. The van der Waals surface area contributed by atoms with E-state index in [9.17, 15) is 13.2 Å². The van der Waals surface area contributed by atoms with Crippen LogP contribution in [0.1, 0.15) is 43.5 Å². The first kappa shape index (κ1) is 15.5. The smallest absolute Gasteiger partial charge is 0.254 e. The van der Waals surface area contributed by atoms with Crippen LogP contribution in [0.4, 0.5) is 0 Å². The van der Waals surface area contributed by atoms with Gasteiger partial charge < -0.3 is 4.90 Å². The SMILES string of the molecule is CC1(C)C2CCCN(C(=O)c3ccc(S(C)(=O)=O)cc3)C1C2.